The molecule has 1 aliphatic heterocycles. The lowest BCUT2D eigenvalue weighted by atomic mass is 10.2. The lowest BCUT2D eigenvalue weighted by Gasteiger charge is -2.09. The fourth-order valence-electron chi connectivity index (χ4n) is 1.74. The Morgan fingerprint density at radius 1 is 1.55 bits per heavy atom. The monoisotopic (exact) mass is 293 g/mol. The summed E-state index contributed by atoms with van der Waals surface area (Å²) in [6.45, 7) is 2.44. The second-order valence-electron chi connectivity index (χ2n) is 4.11. The highest BCUT2D eigenvalue weighted by atomic mass is 32.2. The van der Waals surface area contributed by atoms with Crippen molar-refractivity contribution in [2.75, 3.05) is 11.9 Å². The van der Waals surface area contributed by atoms with Crippen LogP contribution in [0, 0.1) is 0 Å². The molecule has 0 radical (unpaired) electrons. The Morgan fingerprint density at radius 3 is 3.00 bits per heavy atom. The molecule has 7 heteroatoms. The third kappa shape index (κ3) is 3.74. The number of nitrogens with zero attached hydrogens (tertiary/aromatic N) is 1. The molecular formula is C13H15N3O3S. The number of rotatable bonds is 5. The van der Waals surface area contributed by atoms with Gasteiger partial charge >= 0.3 is 0 Å². The van der Waals surface area contributed by atoms with Crippen molar-refractivity contribution in [3.8, 4) is 5.75 Å². The molecule has 0 aliphatic carbocycles. The Kier molecular flexibility index (Phi) is 4.62. The first kappa shape index (κ1) is 14.4. The zero-order valence-corrected chi connectivity index (χ0v) is 11.8. The number of thioether (sulfide) groups is 1. The maximum absolute atomic E-state index is 11.9. The Balaban J connectivity index is 1.91. The first-order valence-electron chi connectivity index (χ1n) is 6.16. The van der Waals surface area contributed by atoms with Crippen LogP contribution in [0.25, 0.3) is 0 Å². The van der Waals surface area contributed by atoms with E-state index in [1.54, 1.807) is 18.2 Å². The molecule has 1 heterocycles. The molecule has 0 unspecified atom stereocenters. The Morgan fingerprint density at radius 2 is 2.35 bits per heavy atom. The van der Waals surface area contributed by atoms with E-state index in [2.05, 4.69) is 10.3 Å². The molecule has 1 atom stereocenters. The molecule has 2 amide bonds. The van der Waals surface area contributed by atoms with E-state index >= 15 is 0 Å². The minimum Gasteiger partial charge on any atom is -0.494 e. The number of carbonyl (C=O) groups is 2. The van der Waals surface area contributed by atoms with Crippen LogP contribution in [-0.2, 0) is 9.59 Å². The van der Waals surface area contributed by atoms with Crippen molar-refractivity contribution in [3.63, 3.8) is 0 Å². The quantitative estimate of drug-likeness (QED) is 0.855. The first-order valence-corrected chi connectivity index (χ1v) is 7.04. The molecule has 0 fully saturated rings. The van der Waals surface area contributed by atoms with Crippen LogP contribution in [0.1, 0.15) is 13.3 Å². The minimum atomic E-state index is -0.523. The van der Waals surface area contributed by atoms with Gasteiger partial charge in [-0.1, -0.05) is 17.8 Å². The second kappa shape index (κ2) is 6.42. The van der Waals surface area contributed by atoms with Crippen LogP contribution >= 0.6 is 11.8 Å². The lowest BCUT2D eigenvalue weighted by Crippen LogP contribution is -2.21. The van der Waals surface area contributed by atoms with E-state index in [9.17, 15) is 9.59 Å². The maximum Gasteiger partial charge on any atom is 0.262 e. The number of ether oxygens (including phenoxy) is 1. The first-order chi connectivity index (χ1) is 9.58. The normalized spacial score (nSPS) is 17.8. The van der Waals surface area contributed by atoms with Gasteiger partial charge in [-0.15, -0.1) is 0 Å². The zero-order valence-electron chi connectivity index (χ0n) is 11.0. The molecule has 20 heavy (non-hydrogen) atoms. The summed E-state index contributed by atoms with van der Waals surface area (Å²) >= 11 is 1.12. The molecule has 1 aromatic rings. The third-order valence-corrected chi connectivity index (χ3v) is 3.54. The van der Waals surface area contributed by atoms with Crippen LogP contribution in [0.3, 0.4) is 0 Å². The van der Waals surface area contributed by atoms with Gasteiger partial charge in [0.25, 0.3) is 5.91 Å². The van der Waals surface area contributed by atoms with Gasteiger partial charge in [0.2, 0.25) is 5.91 Å². The summed E-state index contributed by atoms with van der Waals surface area (Å²) in [6.07, 6.45) is 0.0482. The van der Waals surface area contributed by atoms with Crippen LogP contribution in [0.5, 0.6) is 5.75 Å². The number of carbonyl (C=O) groups excluding carboxylic acids is 2. The Labute approximate surface area is 120 Å². The minimum absolute atomic E-state index is 0.0482. The second-order valence-corrected chi connectivity index (χ2v) is 5.33. The number of amides is 2. The molecule has 0 spiro atoms. The van der Waals surface area contributed by atoms with Crippen molar-refractivity contribution in [1.29, 1.82) is 0 Å². The molecule has 0 saturated heterocycles. The SMILES string of the molecule is CCOc1cccc(NC(=O)C[C@@H]2SC(N)=NC2=O)c1. The van der Waals surface area contributed by atoms with E-state index in [0.29, 0.717) is 18.0 Å². The number of nitrogens with two attached hydrogens (primary N) is 1. The van der Waals surface area contributed by atoms with Gasteiger partial charge in [0.15, 0.2) is 5.17 Å². The number of anilines is 1. The van der Waals surface area contributed by atoms with Crippen LogP contribution in [0.4, 0.5) is 5.69 Å². The zero-order chi connectivity index (χ0) is 14.5. The van der Waals surface area contributed by atoms with Crippen molar-refractivity contribution in [3.05, 3.63) is 24.3 Å². The number of amidine groups is 1. The van der Waals surface area contributed by atoms with E-state index in [0.717, 1.165) is 11.8 Å². The van der Waals surface area contributed by atoms with Gasteiger partial charge < -0.3 is 15.8 Å². The van der Waals surface area contributed by atoms with Gasteiger partial charge in [0, 0.05) is 18.2 Å². The highest BCUT2D eigenvalue weighted by Crippen LogP contribution is 2.24. The molecule has 1 aliphatic rings. The number of hydrogen-bond donors (Lipinski definition) is 2. The number of aliphatic imine (C=N–C) groups is 1. The van der Waals surface area contributed by atoms with Crippen molar-refractivity contribution in [2.45, 2.75) is 18.6 Å². The van der Waals surface area contributed by atoms with Crippen molar-refractivity contribution in [2.24, 2.45) is 10.7 Å². The van der Waals surface area contributed by atoms with E-state index < -0.39 is 5.25 Å². The highest BCUT2D eigenvalue weighted by molar-refractivity contribution is 8.15. The maximum atomic E-state index is 11.9. The van der Waals surface area contributed by atoms with Gasteiger partial charge in [-0.3, -0.25) is 9.59 Å². The molecule has 1 aromatic carbocycles. The highest BCUT2D eigenvalue weighted by Gasteiger charge is 2.29. The lowest BCUT2D eigenvalue weighted by molar-refractivity contribution is -0.121. The largest absolute Gasteiger partial charge is 0.494 e. The van der Waals surface area contributed by atoms with Crippen LogP contribution in [0.15, 0.2) is 29.3 Å². The van der Waals surface area contributed by atoms with Gasteiger partial charge in [-0.05, 0) is 19.1 Å². The van der Waals surface area contributed by atoms with Crippen LogP contribution < -0.4 is 15.8 Å². The van der Waals surface area contributed by atoms with Gasteiger partial charge in [-0.2, -0.15) is 4.99 Å². The van der Waals surface area contributed by atoms with Crippen LogP contribution in [-0.4, -0.2) is 28.8 Å². The average Bonchev–Trinajstić information content (AvgIpc) is 2.68. The summed E-state index contributed by atoms with van der Waals surface area (Å²) in [7, 11) is 0. The molecule has 2 rings (SSSR count). The van der Waals surface area contributed by atoms with Gasteiger partial charge in [0.05, 0.1) is 6.61 Å². The summed E-state index contributed by atoms with van der Waals surface area (Å²) in [5.41, 5.74) is 6.07. The molecule has 6 nitrogen and oxygen atoms in total. The summed E-state index contributed by atoms with van der Waals surface area (Å²) in [4.78, 5) is 26.9. The number of nitrogens with one attached hydrogen (secondary N) is 1. The summed E-state index contributed by atoms with van der Waals surface area (Å²) in [5, 5.41) is 2.42. The fourth-order valence-corrected chi connectivity index (χ4v) is 2.57. The van der Waals surface area contributed by atoms with E-state index in [4.69, 9.17) is 10.5 Å². The van der Waals surface area contributed by atoms with Gasteiger partial charge in [-0.25, -0.2) is 0 Å². The molecular weight excluding hydrogens is 278 g/mol. The molecule has 0 saturated carbocycles. The van der Waals surface area contributed by atoms with Gasteiger partial charge in [0.1, 0.15) is 11.0 Å². The van der Waals surface area contributed by atoms with Crippen molar-refractivity contribution in [1.82, 2.24) is 0 Å². The topological polar surface area (TPSA) is 93.8 Å². The number of benzene rings is 1. The smallest absolute Gasteiger partial charge is 0.262 e. The van der Waals surface area contributed by atoms with Crippen molar-refractivity contribution >= 4 is 34.4 Å². The van der Waals surface area contributed by atoms with Crippen molar-refractivity contribution < 1.29 is 14.3 Å². The predicted octanol–water partition coefficient (Wildman–Crippen LogP) is 1.37. The molecule has 106 valence electrons. The van der Waals surface area contributed by atoms with E-state index in [1.807, 2.05) is 13.0 Å². The standard InChI is InChI=1S/C13H15N3O3S/c1-2-19-9-5-3-4-8(6-9)15-11(17)7-10-12(18)16-13(14)20-10/h3-6,10H,2,7H2,1H3,(H,15,17)(H2,14,16,18)/t10-/m0/s1. The third-order valence-electron chi connectivity index (χ3n) is 2.56. The van der Waals surface area contributed by atoms with Crippen LogP contribution in [0.2, 0.25) is 0 Å². The van der Waals surface area contributed by atoms with E-state index in [1.165, 1.54) is 0 Å². The molecule has 0 aromatic heterocycles. The fraction of sp³-hybridized carbons (Fsp3) is 0.308. The molecule has 3 N–H and O–H groups in total. The number of hydrogen-bond acceptors (Lipinski definition) is 5. The predicted molar refractivity (Wildman–Crippen MR) is 78.9 cm³/mol. The summed E-state index contributed by atoms with van der Waals surface area (Å²) < 4.78 is 5.35. The molecule has 0 bridgehead atoms. The Hall–Kier alpha value is -2.02. The summed E-state index contributed by atoms with van der Waals surface area (Å²) in [5.74, 6) is 0.0734. The summed E-state index contributed by atoms with van der Waals surface area (Å²) in [6, 6.07) is 7.09. The average molecular weight is 293 g/mol. The Bertz CT molecular complexity index is 560. The van der Waals surface area contributed by atoms with E-state index in [-0.39, 0.29) is 23.4 Å².